The van der Waals surface area contributed by atoms with E-state index >= 15 is 0 Å². The number of carbonyl (C=O) groups excluding carboxylic acids is 2. The summed E-state index contributed by atoms with van der Waals surface area (Å²) in [5, 5.41) is 2.76. The Labute approximate surface area is 182 Å². The molecule has 5 rings (SSSR count). The maximum absolute atomic E-state index is 13.5. The Morgan fingerprint density at radius 1 is 1.09 bits per heavy atom. The molecule has 3 heterocycles. The molecule has 3 aromatic rings. The minimum Gasteiger partial charge on any atom is -0.485 e. The maximum Gasteiger partial charge on any atom is 0.344 e. The van der Waals surface area contributed by atoms with E-state index in [1.807, 2.05) is 6.07 Å². The Morgan fingerprint density at radius 2 is 1.81 bits per heavy atom. The van der Waals surface area contributed by atoms with Gasteiger partial charge in [-0.05, 0) is 25.1 Å². The Balaban J connectivity index is 1.72. The number of benzene rings is 2. The van der Waals surface area contributed by atoms with Gasteiger partial charge in [-0.3, -0.25) is 9.59 Å². The number of hydrogen-bond donors (Lipinski definition) is 2. The van der Waals surface area contributed by atoms with E-state index in [0.717, 1.165) is 0 Å². The summed E-state index contributed by atoms with van der Waals surface area (Å²) >= 11 is 0. The zero-order valence-corrected chi connectivity index (χ0v) is 17.0. The third kappa shape index (κ3) is 2.73. The van der Waals surface area contributed by atoms with Crippen LogP contribution in [0.2, 0.25) is 0 Å². The summed E-state index contributed by atoms with van der Waals surface area (Å²) in [5.41, 5.74) is 4.22. The van der Waals surface area contributed by atoms with E-state index in [0.29, 0.717) is 17.0 Å². The number of rotatable bonds is 4. The molecule has 1 aromatic heterocycles. The first kappa shape index (κ1) is 19.6. The summed E-state index contributed by atoms with van der Waals surface area (Å²) in [6.45, 7) is 1.17. The molecule has 0 bridgehead atoms. The van der Waals surface area contributed by atoms with Crippen molar-refractivity contribution >= 4 is 17.4 Å². The molecule has 0 aliphatic carbocycles. The zero-order valence-electron chi connectivity index (χ0n) is 17.0. The summed E-state index contributed by atoms with van der Waals surface area (Å²) in [5.74, 6) is -0.628. The van der Waals surface area contributed by atoms with Gasteiger partial charge in [-0.25, -0.2) is 4.79 Å². The molecule has 1 amide bonds. The summed E-state index contributed by atoms with van der Waals surface area (Å²) in [4.78, 5) is 40.0. The van der Waals surface area contributed by atoms with Crippen molar-refractivity contribution in [2.45, 2.75) is 12.3 Å². The van der Waals surface area contributed by atoms with Crippen LogP contribution in [0.25, 0.3) is 0 Å². The number of nitrogens with two attached hydrogens (primary N) is 1. The number of fused-ring (bicyclic) bond motifs is 4. The number of ether oxygens (including phenoxy) is 2. The molecule has 0 radical (unpaired) electrons. The first-order valence-electron chi connectivity index (χ1n) is 9.88. The molecule has 1 spiro atoms. The van der Waals surface area contributed by atoms with E-state index in [1.165, 1.54) is 6.07 Å². The van der Waals surface area contributed by atoms with Crippen molar-refractivity contribution in [1.82, 2.24) is 0 Å². The highest BCUT2D eigenvalue weighted by Crippen LogP contribution is 2.52. The van der Waals surface area contributed by atoms with Gasteiger partial charge in [0, 0.05) is 17.3 Å². The lowest BCUT2D eigenvalue weighted by Crippen LogP contribution is -2.49. The molecule has 0 fully saturated rings. The van der Waals surface area contributed by atoms with E-state index in [2.05, 4.69) is 5.32 Å². The second-order valence-electron chi connectivity index (χ2n) is 7.50. The molecule has 0 unspecified atom stereocenters. The van der Waals surface area contributed by atoms with Crippen LogP contribution >= 0.6 is 0 Å². The van der Waals surface area contributed by atoms with Gasteiger partial charge in [-0.1, -0.05) is 36.4 Å². The van der Waals surface area contributed by atoms with Gasteiger partial charge >= 0.3 is 5.63 Å². The normalized spacial score (nSPS) is 18.6. The quantitative estimate of drug-likeness (QED) is 0.652. The summed E-state index contributed by atoms with van der Waals surface area (Å²) in [7, 11) is 0. The molecule has 0 saturated carbocycles. The van der Waals surface area contributed by atoms with Crippen LogP contribution < -0.4 is 26.1 Å². The van der Waals surface area contributed by atoms with Crippen molar-refractivity contribution < 1.29 is 23.5 Å². The van der Waals surface area contributed by atoms with Crippen LogP contribution in [-0.2, 0) is 15.0 Å². The number of ketones is 1. The number of hydrogen-bond acceptors (Lipinski definition) is 7. The van der Waals surface area contributed by atoms with Gasteiger partial charge in [0.1, 0.15) is 28.2 Å². The van der Waals surface area contributed by atoms with Crippen LogP contribution in [0.1, 0.15) is 16.9 Å². The van der Waals surface area contributed by atoms with E-state index < -0.39 is 29.3 Å². The monoisotopic (exact) mass is 430 g/mol. The van der Waals surface area contributed by atoms with Crippen LogP contribution in [0, 0.1) is 6.92 Å². The third-order valence-electron chi connectivity index (χ3n) is 5.57. The zero-order chi connectivity index (χ0) is 22.5. The number of aryl methyl sites for hydroxylation is 1. The third-order valence-corrected chi connectivity index (χ3v) is 5.57. The first-order valence-corrected chi connectivity index (χ1v) is 9.88. The van der Waals surface area contributed by atoms with Gasteiger partial charge in [0.25, 0.3) is 0 Å². The van der Waals surface area contributed by atoms with Crippen molar-refractivity contribution in [2.24, 2.45) is 5.73 Å². The van der Waals surface area contributed by atoms with Crippen molar-refractivity contribution in [1.29, 1.82) is 0 Å². The first-order chi connectivity index (χ1) is 15.4. The topological polar surface area (TPSA) is 121 Å². The Bertz CT molecular complexity index is 1360. The predicted molar refractivity (Wildman–Crippen MR) is 114 cm³/mol. The van der Waals surface area contributed by atoms with Crippen LogP contribution in [0.3, 0.4) is 0 Å². The fourth-order valence-electron chi connectivity index (χ4n) is 4.32. The van der Waals surface area contributed by atoms with Gasteiger partial charge in [-0.15, -0.1) is 0 Å². The van der Waals surface area contributed by atoms with E-state index in [1.54, 1.807) is 55.5 Å². The average Bonchev–Trinajstić information content (AvgIpc) is 3.04. The fraction of sp³-hybridized carbons (Fsp3) is 0.125. The molecule has 8 nitrogen and oxygen atoms in total. The molecule has 3 N–H and O–H groups in total. The Morgan fingerprint density at radius 3 is 2.59 bits per heavy atom. The number of carbonyl (C=O) groups is 2. The standard InChI is InChI=1S/C24H18N2O6/c1-13-11-18-20(22(28)31-13)24(15-9-5-6-10-16(15)26-23(24)29)19(21(25)32-18)17(27)12-30-14-7-3-2-4-8-14/h2-11H,12,25H2,1H3,(H,26,29)/t24-/m1/s1. The number of para-hydroxylation sites is 2. The van der Waals surface area contributed by atoms with Gasteiger partial charge in [0.05, 0.1) is 5.57 Å². The van der Waals surface area contributed by atoms with Crippen molar-refractivity contribution in [3.8, 4) is 11.5 Å². The smallest absolute Gasteiger partial charge is 0.344 e. The van der Waals surface area contributed by atoms with Crippen LogP contribution in [-0.4, -0.2) is 18.3 Å². The molecule has 2 aliphatic rings. The van der Waals surface area contributed by atoms with E-state index in [-0.39, 0.29) is 28.5 Å². The van der Waals surface area contributed by atoms with Crippen LogP contribution in [0.15, 0.2) is 81.3 Å². The fourth-order valence-corrected chi connectivity index (χ4v) is 4.32. The van der Waals surface area contributed by atoms with Gasteiger partial charge in [0.15, 0.2) is 12.5 Å². The second-order valence-corrected chi connectivity index (χ2v) is 7.50. The van der Waals surface area contributed by atoms with Crippen molar-refractivity contribution in [2.75, 3.05) is 11.9 Å². The van der Waals surface area contributed by atoms with Crippen molar-refractivity contribution in [3.63, 3.8) is 0 Å². The van der Waals surface area contributed by atoms with Gasteiger partial charge in [0.2, 0.25) is 11.7 Å². The SMILES string of the molecule is Cc1cc2c(c(=O)o1)[C@]1(C(=O)Nc3ccccc31)C(C(=O)COc1ccccc1)=C(N)O2. The number of Topliss-reactive ketones (excluding diaryl/α,β-unsaturated/α-hetero) is 1. The minimum absolute atomic E-state index is 0.0728. The number of nitrogens with one attached hydrogen (secondary N) is 1. The van der Waals surface area contributed by atoms with Gasteiger partial charge < -0.3 is 24.9 Å². The largest absolute Gasteiger partial charge is 0.485 e. The predicted octanol–water partition coefficient (Wildman–Crippen LogP) is 2.40. The summed E-state index contributed by atoms with van der Waals surface area (Å²) in [6.07, 6.45) is 0. The summed E-state index contributed by atoms with van der Waals surface area (Å²) in [6, 6.07) is 17.0. The van der Waals surface area contributed by atoms with Crippen LogP contribution in [0.5, 0.6) is 11.5 Å². The highest BCUT2D eigenvalue weighted by Gasteiger charge is 2.59. The molecule has 1 atom stereocenters. The number of anilines is 1. The van der Waals surface area contributed by atoms with E-state index in [9.17, 15) is 14.4 Å². The van der Waals surface area contributed by atoms with Crippen molar-refractivity contribution in [3.05, 3.63) is 99.4 Å². The highest BCUT2D eigenvalue weighted by molar-refractivity contribution is 6.18. The lowest BCUT2D eigenvalue weighted by molar-refractivity contribution is -0.123. The lowest BCUT2D eigenvalue weighted by Gasteiger charge is -2.34. The molecule has 160 valence electrons. The summed E-state index contributed by atoms with van der Waals surface area (Å²) < 4.78 is 16.6. The lowest BCUT2D eigenvalue weighted by atomic mass is 9.67. The van der Waals surface area contributed by atoms with Gasteiger partial charge in [-0.2, -0.15) is 0 Å². The Hall–Kier alpha value is -4.33. The highest BCUT2D eigenvalue weighted by atomic mass is 16.5. The molecule has 2 aromatic carbocycles. The minimum atomic E-state index is -1.82. The number of amides is 1. The molecule has 2 aliphatic heterocycles. The van der Waals surface area contributed by atoms with Crippen LogP contribution in [0.4, 0.5) is 5.69 Å². The van der Waals surface area contributed by atoms with E-state index in [4.69, 9.17) is 19.6 Å². The Kier molecular flexibility index (Phi) is 4.37. The molecular formula is C24H18N2O6. The maximum atomic E-state index is 13.5. The molecular weight excluding hydrogens is 412 g/mol. The molecule has 32 heavy (non-hydrogen) atoms. The average molecular weight is 430 g/mol. The second kappa shape index (κ2) is 7.12. The molecule has 8 heteroatoms. The molecule has 0 saturated heterocycles.